The number of carboxylic acid groups (broad SMARTS) is 1. The van der Waals surface area contributed by atoms with Crippen molar-refractivity contribution in [2.45, 2.75) is 24.9 Å². The van der Waals surface area contributed by atoms with Crippen LogP contribution in [0.15, 0.2) is 0 Å². The molecule has 4 N–H and O–H groups in total. The first-order valence-electron chi connectivity index (χ1n) is 4.52. The molecular weight excluding hydrogens is 188 g/mol. The Labute approximate surface area is 81.3 Å². The minimum Gasteiger partial charge on any atom is -0.480 e. The third-order valence-electron chi connectivity index (χ3n) is 2.17. The van der Waals surface area contributed by atoms with Crippen molar-refractivity contribution in [3.63, 3.8) is 0 Å². The fraction of sp³-hybridized carbons (Fsp3) is 0.750. The number of aliphatic carboxylic acids is 1. The average Bonchev–Trinajstić information content (AvgIpc) is 2.65. The second-order valence-corrected chi connectivity index (χ2v) is 3.23. The zero-order valence-electron chi connectivity index (χ0n) is 7.69. The maximum absolute atomic E-state index is 11.4. The number of hydrogen-bond acceptors (Lipinski definition) is 4. The predicted octanol–water partition coefficient (Wildman–Crippen LogP) is -1.70. The molecule has 0 radical (unpaired) electrons. The zero-order valence-corrected chi connectivity index (χ0v) is 7.69. The van der Waals surface area contributed by atoms with Crippen LogP contribution < -0.4 is 10.6 Å². The summed E-state index contributed by atoms with van der Waals surface area (Å²) in [5.74, 6) is -1.58. The van der Waals surface area contributed by atoms with Crippen molar-refractivity contribution in [1.29, 1.82) is 0 Å². The highest BCUT2D eigenvalue weighted by atomic mass is 16.4. The fourth-order valence-corrected chi connectivity index (χ4v) is 1.37. The lowest BCUT2D eigenvalue weighted by Crippen LogP contribution is -2.49. The van der Waals surface area contributed by atoms with Crippen LogP contribution in [0.5, 0.6) is 0 Å². The first kappa shape index (κ1) is 10.9. The quantitative estimate of drug-likeness (QED) is 0.435. The van der Waals surface area contributed by atoms with Crippen molar-refractivity contribution in [1.82, 2.24) is 10.6 Å². The second-order valence-electron chi connectivity index (χ2n) is 3.23. The van der Waals surface area contributed by atoms with Crippen LogP contribution in [0.4, 0.5) is 0 Å². The molecule has 1 heterocycles. The SMILES string of the molecule is O=C(N[C@H](CO)C(=O)O)[C@@H]1CCCN1. The monoisotopic (exact) mass is 202 g/mol. The molecule has 14 heavy (non-hydrogen) atoms. The first-order chi connectivity index (χ1) is 6.65. The van der Waals surface area contributed by atoms with E-state index in [0.717, 1.165) is 13.0 Å². The third-order valence-corrected chi connectivity index (χ3v) is 2.17. The number of carbonyl (C=O) groups excluding carboxylic acids is 1. The lowest BCUT2D eigenvalue weighted by atomic mass is 10.2. The van der Waals surface area contributed by atoms with Crippen molar-refractivity contribution in [3.05, 3.63) is 0 Å². The van der Waals surface area contributed by atoms with E-state index in [1.807, 2.05) is 0 Å². The average molecular weight is 202 g/mol. The Morgan fingerprint density at radius 1 is 1.57 bits per heavy atom. The van der Waals surface area contributed by atoms with E-state index < -0.39 is 18.6 Å². The van der Waals surface area contributed by atoms with Gasteiger partial charge in [-0.2, -0.15) is 0 Å². The number of rotatable bonds is 4. The van der Waals surface area contributed by atoms with Gasteiger partial charge in [0.25, 0.3) is 0 Å². The predicted molar refractivity (Wildman–Crippen MR) is 47.7 cm³/mol. The molecule has 2 atom stereocenters. The molecule has 1 rings (SSSR count). The van der Waals surface area contributed by atoms with Crippen LogP contribution in [0.25, 0.3) is 0 Å². The van der Waals surface area contributed by atoms with Crippen LogP contribution >= 0.6 is 0 Å². The van der Waals surface area contributed by atoms with Gasteiger partial charge in [-0.1, -0.05) is 0 Å². The molecule has 0 spiro atoms. The van der Waals surface area contributed by atoms with E-state index in [2.05, 4.69) is 10.6 Å². The van der Waals surface area contributed by atoms with Gasteiger partial charge in [-0.15, -0.1) is 0 Å². The molecule has 1 aliphatic rings. The van der Waals surface area contributed by atoms with E-state index in [-0.39, 0.29) is 11.9 Å². The van der Waals surface area contributed by atoms with Crippen molar-refractivity contribution in [2.24, 2.45) is 0 Å². The molecule has 1 saturated heterocycles. The summed E-state index contributed by atoms with van der Waals surface area (Å²) in [4.78, 5) is 21.9. The summed E-state index contributed by atoms with van der Waals surface area (Å²) < 4.78 is 0. The number of aliphatic hydroxyl groups excluding tert-OH is 1. The van der Waals surface area contributed by atoms with E-state index in [9.17, 15) is 9.59 Å². The molecule has 0 aromatic carbocycles. The van der Waals surface area contributed by atoms with Gasteiger partial charge in [-0.25, -0.2) is 4.79 Å². The van der Waals surface area contributed by atoms with Gasteiger partial charge >= 0.3 is 5.97 Å². The smallest absolute Gasteiger partial charge is 0.328 e. The topological polar surface area (TPSA) is 98.7 Å². The molecule has 6 heteroatoms. The van der Waals surface area contributed by atoms with Gasteiger partial charge in [-0.3, -0.25) is 4.79 Å². The molecule has 0 bridgehead atoms. The van der Waals surface area contributed by atoms with Crippen molar-refractivity contribution in [3.8, 4) is 0 Å². The standard InChI is InChI=1S/C8H14N2O4/c11-4-6(8(13)14)10-7(12)5-2-1-3-9-5/h5-6,9,11H,1-4H2,(H,10,12)(H,13,14)/t5-,6+/m0/s1. The van der Waals surface area contributed by atoms with Gasteiger partial charge in [0, 0.05) is 0 Å². The lowest BCUT2D eigenvalue weighted by molar-refractivity contribution is -0.143. The molecule has 0 saturated carbocycles. The number of amides is 1. The summed E-state index contributed by atoms with van der Waals surface area (Å²) >= 11 is 0. The second kappa shape index (κ2) is 4.92. The molecule has 0 aromatic rings. The highest BCUT2D eigenvalue weighted by Gasteiger charge is 2.26. The summed E-state index contributed by atoms with van der Waals surface area (Å²) in [6, 6.07) is -1.52. The maximum atomic E-state index is 11.4. The summed E-state index contributed by atoms with van der Waals surface area (Å²) in [7, 11) is 0. The van der Waals surface area contributed by atoms with Crippen molar-refractivity contribution in [2.75, 3.05) is 13.2 Å². The molecular formula is C8H14N2O4. The molecule has 1 amide bonds. The Morgan fingerprint density at radius 2 is 2.29 bits per heavy atom. The van der Waals surface area contributed by atoms with Gasteiger partial charge in [0.15, 0.2) is 0 Å². The molecule has 6 nitrogen and oxygen atoms in total. The Morgan fingerprint density at radius 3 is 2.71 bits per heavy atom. The number of carbonyl (C=O) groups is 2. The molecule has 0 aliphatic carbocycles. The fourth-order valence-electron chi connectivity index (χ4n) is 1.37. The summed E-state index contributed by atoms with van der Waals surface area (Å²) in [6.07, 6.45) is 1.62. The van der Waals surface area contributed by atoms with Crippen molar-refractivity contribution >= 4 is 11.9 Å². The molecule has 1 fully saturated rings. The Hall–Kier alpha value is -1.14. The highest BCUT2D eigenvalue weighted by Crippen LogP contribution is 2.04. The number of hydrogen-bond donors (Lipinski definition) is 4. The van der Waals surface area contributed by atoms with E-state index in [1.54, 1.807) is 0 Å². The van der Waals surface area contributed by atoms with E-state index >= 15 is 0 Å². The Bertz CT molecular complexity index is 225. The van der Waals surface area contributed by atoms with Crippen LogP contribution in [0.2, 0.25) is 0 Å². The zero-order chi connectivity index (χ0) is 10.6. The number of carboxylic acids is 1. The van der Waals surface area contributed by atoms with Crippen molar-refractivity contribution < 1.29 is 19.8 Å². The lowest BCUT2D eigenvalue weighted by Gasteiger charge is -2.15. The summed E-state index contributed by atoms with van der Waals surface area (Å²) in [6.45, 7) is 0.183. The van der Waals surface area contributed by atoms with Gasteiger partial charge in [0.05, 0.1) is 12.6 Å². The minimum absolute atomic E-state index is 0.316. The van der Waals surface area contributed by atoms with Gasteiger partial charge in [0.1, 0.15) is 6.04 Å². The Kier molecular flexibility index (Phi) is 3.84. The molecule has 1 aliphatic heterocycles. The van der Waals surface area contributed by atoms with Crippen LogP contribution in [-0.4, -0.2) is 47.3 Å². The molecule has 0 aromatic heterocycles. The first-order valence-corrected chi connectivity index (χ1v) is 4.52. The van der Waals surface area contributed by atoms with E-state index in [1.165, 1.54) is 0 Å². The molecule has 80 valence electrons. The highest BCUT2D eigenvalue weighted by molar-refractivity contribution is 5.87. The third kappa shape index (κ3) is 2.68. The molecule has 0 unspecified atom stereocenters. The summed E-state index contributed by atoms with van der Waals surface area (Å²) in [5.41, 5.74) is 0. The minimum atomic E-state index is -1.22. The van der Waals surface area contributed by atoms with E-state index in [0.29, 0.717) is 6.42 Å². The van der Waals surface area contributed by atoms with E-state index in [4.69, 9.17) is 10.2 Å². The van der Waals surface area contributed by atoms with Crippen LogP contribution in [0, 0.1) is 0 Å². The summed E-state index contributed by atoms with van der Waals surface area (Å²) in [5, 5.41) is 22.4. The normalized spacial score (nSPS) is 23.1. The Balaban J connectivity index is 2.41. The van der Waals surface area contributed by atoms with Crippen LogP contribution in [0.3, 0.4) is 0 Å². The number of aliphatic hydroxyl groups is 1. The van der Waals surface area contributed by atoms with Crippen LogP contribution in [0.1, 0.15) is 12.8 Å². The maximum Gasteiger partial charge on any atom is 0.328 e. The van der Waals surface area contributed by atoms with Gasteiger partial charge in [0.2, 0.25) is 5.91 Å². The van der Waals surface area contributed by atoms with Gasteiger partial charge in [-0.05, 0) is 19.4 Å². The van der Waals surface area contributed by atoms with Gasteiger partial charge < -0.3 is 20.8 Å². The number of nitrogens with one attached hydrogen (secondary N) is 2. The largest absolute Gasteiger partial charge is 0.480 e. The van der Waals surface area contributed by atoms with Crippen LogP contribution in [-0.2, 0) is 9.59 Å².